The molecular formula is C13H14F2N2O2S2. The number of anilines is 1. The standard InChI is InChI=1S/C13H14F2N2O2S2/c1-8-7-20-12(6-16-2)13(8)21(18,19)17-11-4-9(14)3-10(15)5-11/h3-5,7,16-17H,6H2,1-2H3. The zero-order valence-corrected chi connectivity index (χ0v) is 13.0. The normalized spacial score (nSPS) is 11.6. The summed E-state index contributed by atoms with van der Waals surface area (Å²) in [6, 6.07) is 2.54. The number of hydrogen-bond donors (Lipinski definition) is 2. The third-order valence-electron chi connectivity index (χ3n) is 2.71. The minimum absolute atomic E-state index is 0.145. The van der Waals surface area contributed by atoms with Crippen molar-refractivity contribution in [2.75, 3.05) is 11.8 Å². The summed E-state index contributed by atoms with van der Waals surface area (Å²) in [6.45, 7) is 2.07. The second kappa shape index (κ2) is 6.08. The van der Waals surface area contributed by atoms with Crippen molar-refractivity contribution < 1.29 is 17.2 Å². The molecule has 1 aromatic carbocycles. The van der Waals surface area contributed by atoms with E-state index in [4.69, 9.17) is 0 Å². The summed E-state index contributed by atoms with van der Waals surface area (Å²) < 4.78 is 53.3. The molecule has 1 heterocycles. The summed E-state index contributed by atoms with van der Waals surface area (Å²) in [7, 11) is -2.19. The SMILES string of the molecule is CNCc1scc(C)c1S(=O)(=O)Nc1cc(F)cc(F)c1. The van der Waals surface area contributed by atoms with Gasteiger partial charge < -0.3 is 5.32 Å². The van der Waals surface area contributed by atoms with Crippen molar-refractivity contribution >= 4 is 27.0 Å². The third-order valence-corrected chi connectivity index (χ3v) is 5.55. The van der Waals surface area contributed by atoms with Gasteiger partial charge in [0.25, 0.3) is 10.0 Å². The molecule has 0 amide bonds. The molecule has 0 atom stereocenters. The third kappa shape index (κ3) is 3.58. The topological polar surface area (TPSA) is 58.2 Å². The number of sulfonamides is 1. The van der Waals surface area contributed by atoms with E-state index >= 15 is 0 Å². The zero-order valence-electron chi connectivity index (χ0n) is 11.4. The van der Waals surface area contributed by atoms with Crippen LogP contribution in [0.25, 0.3) is 0 Å². The van der Waals surface area contributed by atoms with Crippen molar-refractivity contribution in [1.82, 2.24) is 5.32 Å². The molecule has 8 heteroatoms. The van der Waals surface area contributed by atoms with Crippen LogP contribution in [0, 0.1) is 18.6 Å². The first-order valence-corrected chi connectivity index (χ1v) is 8.40. The van der Waals surface area contributed by atoms with Gasteiger partial charge >= 0.3 is 0 Å². The first kappa shape index (κ1) is 15.9. The highest BCUT2D eigenvalue weighted by Gasteiger charge is 2.23. The Hall–Kier alpha value is -1.51. The highest BCUT2D eigenvalue weighted by molar-refractivity contribution is 7.93. The van der Waals surface area contributed by atoms with Crippen molar-refractivity contribution in [3.63, 3.8) is 0 Å². The molecule has 0 saturated heterocycles. The van der Waals surface area contributed by atoms with Crippen LogP contribution < -0.4 is 10.0 Å². The molecule has 0 saturated carbocycles. The molecule has 0 fully saturated rings. The fourth-order valence-electron chi connectivity index (χ4n) is 1.95. The second-order valence-electron chi connectivity index (χ2n) is 4.46. The van der Waals surface area contributed by atoms with Crippen molar-refractivity contribution in [3.8, 4) is 0 Å². The number of halogens is 2. The lowest BCUT2D eigenvalue weighted by Crippen LogP contribution is -2.17. The zero-order chi connectivity index (χ0) is 15.6. The number of nitrogens with one attached hydrogen (secondary N) is 2. The van der Waals surface area contributed by atoms with Crippen molar-refractivity contribution in [2.45, 2.75) is 18.4 Å². The Bertz CT molecular complexity index is 737. The summed E-state index contributed by atoms with van der Waals surface area (Å²) in [6.07, 6.45) is 0. The van der Waals surface area contributed by atoms with Crippen LogP contribution >= 0.6 is 11.3 Å². The minimum Gasteiger partial charge on any atom is -0.315 e. The average Bonchev–Trinajstić information content (AvgIpc) is 2.69. The average molecular weight is 332 g/mol. The first-order valence-electron chi connectivity index (χ1n) is 6.04. The molecule has 0 aliphatic rings. The van der Waals surface area contributed by atoms with E-state index in [1.165, 1.54) is 11.3 Å². The van der Waals surface area contributed by atoms with Crippen LogP contribution in [-0.4, -0.2) is 15.5 Å². The van der Waals surface area contributed by atoms with E-state index in [1.807, 2.05) is 0 Å². The van der Waals surface area contributed by atoms with Gasteiger partial charge in [0.15, 0.2) is 0 Å². The first-order chi connectivity index (χ1) is 9.83. The van der Waals surface area contributed by atoms with E-state index in [2.05, 4.69) is 10.0 Å². The van der Waals surface area contributed by atoms with Gasteiger partial charge in [0, 0.05) is 17.5 Å². The van der Waals surface area contributed by atoms with Gasteiger partial charge in [-0.05, 0) is 37.0 Å². The predicted molar refractivity (Wildman–Crippen MR) is 79.0 cm³/mol. The monoisotopic (exact) mass is 332 g/mol. The minimum atomic E-state index is -3.90. The Morgan fingerprint density at radius 2 is 1.81 bits per heavy atom. The maximum atomic E-state index is 13.1. The van der Waals surface area contributed by atoms with Crippen LogP contribution in [0.15, 0.2) is 28.5 Å². The van der Waals surface area contributed by atoms with E-state index in [1.54, 1.807) is 19.4 Å². The molecule has 4 nitrogen and oxygen atoms in total. The number of aryl methyl sites for hydroxylation is 1. The van der Waals surface area contributed by atoms with Gasteiger partial charge in [-0.25, -0.2) is 17.2 Å². The van der Waals surface area contributed by atoms with Crippen molar-refractivity contribution in [3.05, 3.63) is 45.7 Å². The molecule has 0 bridgehead atoms. The molecule has 2 N–H and O–H groups in total. The van der Waals surface area contributed by atoms with Crippen LogP contribution in [0.5, 0.6) is 0 Å². The molecule has 0 spiro atoms. The lowest BCUT2D eigenvalue weighted by molar-refractivity contribution is 0.584. The van der Waals surface area contributed by atoms with Gasteiger partial charge in [0.05, 0.1) is 5.69 Å². The summed E-state index contributed by atoms with van der Waals surface area (Å²) in [4.78, 5) is 0.783. The molecule has 0 aliphatic heterocycles. The molecular weight excluding hydrogens is 318 g/mol. The Morgan fingerprint density at radius 1 is 1.19 bits per heavy atom. The van der Waals surface area contributed by atoms with E-state index in [-0.39, 0.29) is 10.6 Å². The van der Waals surface area contributed by atoms with Crippen molar-refractivity contribution in [2.24, 2.45) is 0 Å². The highest BCUT2D eigenvalue weighted by atomic mass is 32.2. The Kier molecular flexibility index (Phi) is 4.60. The number of hydrogen-bond acceptors (Lipinski definition) is 4. The molecule has 0 radical (unpaired) electrons. The van der Waals surface area contributed by atoms with Crippen LogP contribution in [0.4, 0.5) is 14.5 Å². The lowest BCUT2D eigenvalue weighted by Gasteiger charge is -2.10. The lowest BCUT2D eigenvalue weighted by atomic mass is 10.3. The summed E-state index contributed by atoms with van der Waals surface area (Å²) in [5.41, 5.74) is 0.447. The van der Waals surface area contributed by atoms with E-state index in [0.717, 1.165) is 12.1 Å². The predicted octanol–water partition coefficient (Wildman–Crippen LogP) is 2.85. The maximum Gasteiger partial charge on any atom is 0.263 e. The molecule has 1 aromatic heterocycles. The molecule has 2 rings (SSSR count). The largest absolute Gasteiger partial charge is 0.315 e. The Labute approximate surface area is 125 Å². The van der Waals surface area contributed by atoms with E-state index in [0.29, 0.717) is 23.1 Å². The van der Waals surface area contributed by atoms with Gasteiger partial charge in [-0.15, -0.1) is 11.3 Å². The van der Waals surface area contributed by atoms with E-state index in [9.17, 15) is 17.2 Å². The number of benzene rings is 1. The Balaban J connectivity index is 2.41. The fourth-order valence-corrected chi connectivity index (χ4v) is 4.82. The maximum absolute atomic E-state index is 13.1. The van der Waals surface area contributed by atoms with Gasteiger partial charge in [0.2, 0.25) is 0 Å². The molecule has 21 heavy (non-hydrogen) atoms. The van der Waals surface area contributed by atoms with Crippen LogP contribution in [0.1, 0.15) is 10.4 Å². The fraction of sp³-hybridized carbons (Fsp3) is 0.231. The van der Waals surface area contributed by atoms with Crippen molar-refractivity contribution in [1.29, 1.82) is 0 Å². The van der Waals surface area contributed by atoms with E-state index < -0.39 is 21.7 Å². The number of rotatable bonds is 5. The quantitative estimate of drug-likeness (QED) is 0.885. The van der Waals surface area contributed by atoms with Gasteiger partial charge in [-0.2, -0.15) is 0 Å². The highest BCUT2D eigenvalue weighted by Crippen LogP contribution is 2.28. The summed E-state index contributed by atoms with van der Waals surface area (Å²) in [5, 5.41) is 4.62. The molecule has 2 aromatic rings. The molecule has 0 aliphatic carbocycles. The van der Waals surface area contributed by atoms with Gasteiger partial charge in [-0.3, -0.25) is 4.72 Å². The van der Waals surface area contributed by atoms with Crippen LogP contribution in [-0.2, 0) is 16.6 Å². The van der Waals surface area contributed by atoms with Crippen LogP contribution in [0.3, 0.4) is 0 Å². The number of thiophene rings is 1. The molecule has 0 unspecified atom stereocenters. The Morgan fingerprint density at radius 3 is 2.38 bits per heavy atom. The summed E-state index contributed by atoms with van der Waals surface area (Å²) >= 11 is 1.31. The molecule has 114 valence electrons. The van der Waals surface area contributed by atoms with Crippen LogP contribution in [0.2, 0.25) is 0 Å². The smallest absolute Gasteiger partial charge is 0.263 e. The summed E-state index contributed by atoms with van der Waals surface area (Å²) in [5.74, 6) is -1.68. The van der Waals surface area contributed by atoms with Gasteiger partial charge in [-0.1, -0.05) is 0 Å². The van der Waals surface area contributed by atoms with Gasteiger partial charge in [0.1, 0.15) is 16.5 Å². The second-order valence-corrected chi connectivity index (χ2v) is 7.05.